The summed E-state index contributed by atoms with van der Waals surface area (Å²) < 4.78 is 0. The van der Waals surface area contributed by atoms with Crippen molar-refractivity contribution < 1.29 is 29.1 Å². The number of aryl methyl sites for hydroxylation is 1. The number of carboxylic acid groups (broad SMARTS) is 1. The molecule has 0 heterocycles. The molecule has 0 radical (unpaired) electrons. The predicted octanol–water partition coefficient (Wildman–Crippen LogP) is 2.19. The van der Waals surface area contributed by atoms with Gasteiger partial charge in [0.2, 0.25) is 17.7 Å². The largest absolute Gasteiger partial charge is 0.481 e. The van der Waals surface area contributed by atoms with E-state index in [1.165, 1.54) is 7.05 Å². The van der Waals surface area contributed by atoms with Gasteiger partial charge in [-0.25, -0.2) is 4.79 Å². The molecule has 0 saturated carbocycles. The third-order valence-corrected chi connectivity index (χ3v) is 6.19. The number of hydrogen-bond acceptors (Lipinski definition) is 5. The number of hydrogen-bond donors (Lipinski definition) is 5. The molecule has 6 N–H and O–H groups in total. The van der Waals surface area contributed by atoms with Crippen LogP contribution < -0.4 is 21.7 Å². The lowest BCUT2D eigenvalue weighted by Crippen LogP contribution is -2.54. The average Bonchev–Trinajstić information content (AvgIpc) is 2.89. The van der Waals surface area contributed by atoms with Crippen molar-refractivity contribution in [2.75, 3.05) is 18.9 Å². The molecule has 5 amide bonds. The Hall–Kier alpha value is -4.41. The molecule has 2 rings (SSSR count). The second-order valence-electron chi connectivity index (χ2n) is 9.28. The SMILES string of the molecule is Cc1ccccc1NC(=O)NCCCCCC(=O)NC(CC(=O)O)C(=O)N(C)C(Cc1ccccc1)C(N)=O. The Kier molecular flexibility index (Phi) is 12.4. The number of carboxylic acids is 1. The molecular weight excluding hydrogens is 502 g/mol. The summed E-state index contributed by atoms with van der Waals surface area (Å²) in [7, 11) is 1.37. The number of benzene rings is 2. The van der Waals surface area contributed by atoms with Gasteiger partial charge in [-0.05, 0) is 37.0 Å². The van der Waals surface area contributed by atoms with Gasteiger partial charge >= 0.3 is 12.0 Å². The highest BCUT2D eigenvalue weighted by Crippen LogP contribution is 2.13. The Morgan fingerprint density at radius 3 is 2.26 bits per heavy atom. The van der Waals surface area contributed by atoms with Crippen molar-refractivity contribution in [3.05, 3.63) is 65.7 Å². The highest BCUT2D eigenvalue weighted by Gasteiger charge is 2.32. The van der Waals surface area contributed by atoms with Crippen LogP contribution in [0, 0.1) is 6.92 Å². The Bertz CT molecular complexity index is 1140. The smallest absolute Gasteiger partial charge is 0.319 e. The number of likely N-dealkylation sites (N-methyl/N-ethyl adjacent to an activating group) is 1. The van der Waals surface area contributed by atoms with E-state index in [-0.39, 0.29) is 18.9 Å². The molecule has 210 valence electrons. The van der Waals surface area contributed by atoms with Crippen LogP contribution >= 0.6 is 0 Å². The predicted molar refractivity (Wildman–Crippen MR) is 147 cm³/mol. The molecule has 11 heteroatoms. The van der Waals surface area contributed by atoms with Crippen LogP contribution in [0.3, 0.4) is 0 Å². The number of carbonyl (C=O) groups is 5. The number of urea groups is 1. The molecule has 2 aromatic carbocycles. The Morgan fingerprint density at radius 2 is 1.62 bits per heavy atom. The minimum atomic E-state index is -1.34. The van der Waals surface area contributed by atoms with Gasteiger partial charge in [-0.2, -0.15) is 0 Å². The van der Waals surface area contributed by atoms with E-state index in [2.05, 4.69) is 16.0 Å². The first-order chi connectivity index (χ1) is 18.6. The zero-order chi connectivity index (χ0) is 28.8. The minimum absolute atomic E-state index is 0.0752. The second kappa shape index (κ2) is 15.8. The lowest BCUT2D eigenvalue weighted by atomic mass is 10.0. The van der Waals surface area contributed by atoms with Gasteiger partial charge < -0.3 is 31.7 Å². The summed E-state index contributed by atoms with van der Waals surface area (Å²) >= 11 is 0. The lowest BCUT2D eigenvalue weighted by molar-refractivity contribution is -0.145. The van der Waals surface area contributed by atoms with Crippen LogP contribution in [0.25, 0.3) is 0 Å². The fourth-order valence-corrected chi connectivity index (χ4v) is 3.98. The van der Waals surface area contributed by atoms with Gasteiger partial charge in [-0.15, -0.1) is 0 Å². The van der Waals surface area contributed by atoms with Gasteiger partial charge in [0, 0.05) is 32.1 Å². The summed E-state index contributed by atoms with van der Waals surface area (Å²) in [5, 5.41) is 17.3. The number of carbonyl (C=O) groups excluding carboxylic acids is 4. The van der Waals surface area contributed by atoms with Crippen molar-refractivity contribution in [1.82, 2.24) is 15.5 Å². The van der Waals surface area contributed by atoms with Gasteiger partial charge in [-0.1, -0.05) is 55.0 Å². The van der Waals surface area contributed by atoms with E-state index in [0.717, 1.165) is 21.7 Å². The fourth-order valence-electron chi connectivity index (χ4n) is 3.98. The van der Waals surface area contributed by atoms with Gasteiger partial charge in [0.1, 0.15) is 12.1 Å². The molecule has 0 saturated heterocycles. The van der Waals surface area contributed by atoms with Crippen LogP contribution in [0.5, 0.6) is 0 Å². The van der Waals surface area contributed by atoms with Gasteiger partial charge in [-0.3, -0.25) is 19.2 Å². The normalized spacial score (nSPS) is 12.1. The van der Waals surface area contributed by atoms with Crippen LogP contribution in [0.1, 0.15) is 43.2 Å². The van der Waals surface area contributed by atoms with Crippen molar-refractivity contribution >= 4 is 35.4 Å². The Balaban J connectivity index is 1.80. The summed E-state index contributed by atoms with van der Waals surface area (Å²) in [6.45, 7) is 2.31. The van der Waals surface area contributed by atoms with E-state index in [9.17, 15) is 29.1 Å². The molecule has 0 bridgehead atoms. The van der Waals surface area contributed by atoms with Gasteiger partial charge in [0.15, 0.2) is 0 Å². The molecular formula is C28H37N5O6. The number of rotatable bonds is 15. The van der Waals surface area contributed by atoms with Crippen molar-refractivity contribution in [3.8, 4) is 0 Å². The van der Waals surface area contributed by atoms with Crippen LogP contribution in [-0.4, -0.2) is 65.4 Å². The summed E-state index contributed by atoms with van der Waals surface area (Å²) in [5.74, 6) is -3.20. The molecule has 39 heavy (non-hydrogen) atoms. The second-order valence-corrected chi connectivity index (χ2v) is 9.28. The van der Waals surface area contributed by atoms with E-state index >= 15 is 0 Å². The summed E-state index contributed by atoms with van der Waals surface area (Å²) in [6.07, 6.45) is 1.35. The van der Waals surface area contributed by atoms with E-state index < -0.39 is 42.2 Å². The molecule has 0 aliphatic rings. The van der Waals surface area contributed by atoms with Crippen molar-refractivity contribution in [1.29, 1.82) is 0 Å². The molecule has 2 unspecified atom stereocenters. The van der Waals surface area contributed by atoms with Crippen LogP contribution in [0.2, 0.25) is 0 Å². The number of nitrogens with zero attached hydrogens (tertiary/aromatic N) is 1. The molecule has 2 atom stereocenters. The van der Waals surface area contributed by atoms with Crippen LogP contribution in [-0.2, 0) is 25.6 Å². The number of nitrogens with one attached hydrogen (secondary N) is 3. The van der Waals surface area contributed by atoms with Crippen LogP contribution in [0.15, 0.2) is 54.6 Å². The van der Waals surface area contributed by atoms with E-state index in [1.54, 1.807) is 24.3 Å². The molecule has 0 spiro atoms. The molecule has 11 nitrogen and oxygen atoms in total. The third-order valence-electron chi connectivity index (χ3n) is 6.19. The Labute approximate surface area is 228 Å². The van der Waals surface area contributed by atoms with E-state index in [1.807, 2.05) is 37.3 Å². The van der Waals surface area contributed by atoms with Crippen LogP contribution in [0.4, 0.5) is 10.5 Å². The van der Waals surface area contributed by atoms with E-state index in [0.29, 0.717) is 25.8 Å². The highest BCUT2D eigenvalue weighted by atomic mass is 16.4. The monoisotopic (exact) mass is 539 g/mol. The van der Waals surface area contributed by atoms with E-state index in [4.69, 9.17) is 5.73 Å². The van der Waals surface area contributed by atoms with Gasteiger partial charge in [0.05, 0.1) is 6.42 Å². The van der Waals surface area contributed by atoms with Crippen molar-refractivity contribution in [2.24, 2.45) is 5.73 Å². The number of anilines is 1. The number of nitrogens with two attached hydrogens (primary N) is 1. The highest BCUT2D eigenvalue weighted by molar-refractivity contribution is 5.93. The number of amides is 5. The minimum Gasteiger partial charge on any atom is -0.481 e. The zero-order valence-corrected chi connectivity index (χ0v) is 22.3. The van der Waals surface area contributed by atoms with Crippen molar-refractivity contribution in [3.63, 3.8) is 0 Å². The number of unbranched alkanes of at least 4 members (excludes halogenated alkanes) is 2. The zero-order valence-electron chi connectivity index (χ0n) is 22.3. The number of primary amides is 1. The first-order valence-corrected chi connectivity index (χ1v) is 12.8. The first-order valence-electron chi connectivity index (χ1n) is 12.8. The molecule has 2 aromatic rings. The maximum atomic E-state index is 13.1. The maximum absolute atomic E-state index is 13.1. The molecule has 0 aromatic heterocycles. The summed E-state index contributed by atoms with van der Waals surface area (Å²) in [5.41, 5.74) is 7.98. The molecule has 0 aliphatic carbocycles. The quantitative estimate of drug-likeness (QED) is 0.217. The Morgan fingerprint density at radius 1 is 0.949 bits per heavy atom. The maximum Gasteiger partial charge on any atom is 0.319 e. The van der Waals surface area contributed by atoms with Gasteiger partial charge in [0.25, 0.3) is 0 Å². The lowest BCUT2D eigenvalue weighted by Gasteiger charge is -2.29. The summed E-state index contributed by atoms with van der Waals surface area (Å²) in [6, 6.07) is 13.7. The third kappa shape index (κ3) is 10.8. The van der Waals surface area contributed by atoms with Crippen molar-refractivity contribution in [2.45, 2.75) is 57.5 Å². The summed E-state index contributed by atoms with van der Waals surface area (Å²) in [4.78, 5) is 62.2. The number of aliphatic carboxylic acids is 1. The number of para-hydroxylation sites is 1. The topological polar surface area (TPSA) is 171 Å². The molecule has 0 aliphatic heterocycles. The standard InChI is InChI=1S/C28H37N5O6/c1-19-11-8-9-14-21(19)32-28(39)30-16-10-4-7-15-24(34)31-22(18-25(35)36)27(38)33(2)23(26(29)37)17-20-12-5-3-6-13-20/h3,5-6,8-9,11-14,22-23H,4,7,10,15-18H2,1-2H3,(H2,29,37)(H,31,34)(H,35,36)(H2,30,32,39). The molecule has 0 fully saturated rings. The fraction of sp³-hybridized carbons (Fsp3) is 0.393. The average molecular weight is 540 g/mol. The first kappa shape index (κ1) is 30.8.